The number of hydrogen-bond acceptors (Lipinski definition) is 5. The van der Waals surface area contributed by atoms with Crippen LogP contribution in [0, 0.1) is 0 Å². The van der Waals surface area contributed by atoms with E-state index < -0.39 is 21.2 Å². The van der Waals surface area contributed by atoms with Crippen LogP contribution in [-0.4, -0.2) is 40.0 Å². The van der Waals surface area contributed by atoms with Gasteiger partial charge in [-0.3, -0.25) is 4.79 Å². The van der Waals surface area contributed by atoms with Gasteiger partial charge in [0.25, 0.3) is 0 Å². The van der Waals surface area contributed by atoms with Gasteiger partial charge in [-0.2, -0.15) is 0 Å². The fraction of sp³-hybridized carbons (Fsp3) is 0.500. The van der Waals surface area contributed by atoms with Crippen molar-refractivity contribution in [2.24, 2.45) is 0 Å². The van der Waals surface area contributed by atoms with Crippen LogP contribution in [0.25, 0.3) is 0 Å². The highest BCUT2D eigenvalue weighted by Crippen LogP contribution is 2.55. The van der Waals surface area contributed by atoms with Crippen molar-refractivity contribution in [3.63, 3.8) is 0 Å². The number of carbonyl (C=O) groups is 1. The summed E-state index contributed by atoms with van der Waals surface area (Å²) in [6.45, 7) is 0. The highest BCUT2D eigenvalue weighted by molar-refractivity contribution is 7.90. The van der Waals surface area contributed by atoms with Gasteiger partial charge in [-0.25, -0.2) is 8.42 Å². The van der Waals surface area contributed by atoms with Crippen LogP contribution in [0.4, 0.5) is 0 Å². The van der Waals surface area contributed by atoms with Crippen molar-refractivity contribution in [3.8, 4) is 11.5 Å². The van der Waals surface area contributed by atoms with Crippen molar-refractivity contribution in [1.29, 1.82) is 0 Å². The molecule has 0 unspecified atom stereocenters. The number of carboxylic acids is 1. The maximum Gasteiger partial charge on any atom is 0.304 e. The molecule has 1 aliphatic rings. The van der Waals surface area contributed by atoms with Gasteiger partial charge in [-0.05, 0) is 18.9 Å². The minimum absolute atomic E-state index is 0.0241. The number of sulfone groups is 1. The van der Waals surface area contributed by atoms with E-state index in [1.54, 1.807) is 6.07 Å². The maximum atomic E-state index is 12.0. The summed E-state index contributed by atoms with van der Waals surface area (Å²) in [7, 11) is -0.689. The number of rotatable bonds is 6. The number of benzene rings is 1. The second-order valence-corrected chi connectivity index (χ2v) is 7.31. The molecule has 0 aromatic heterocycles. The summed E-state index contributed by atoms with van der Waals surface area (Å²) in [6.07, 6.45) is 2.41. The Morgan fingerprint density at radius 2 is 1.90 bits per heavy atom. The zero-order valence-electron chi connectivity index (χ0n) is 12.2. The third-order valence-corrected chi connectivity index (χ3v) is 4.88. The molecule has 1 fully saturated rings. The number of carboxylic acid groups (broad SMARTS) is 1. The second kappa shape index (κ2) is 5.22. The van der Waals surface area contributed by atoms with E-state index in [0.717, 1.165) is 6.26 Å². The van der Waals surface area contributed by atoms with Gasteiger partial charge < -0.3 is 14.6 Å². The smallest absolute Gasteiger partial charge is 0.304 e. The van der Waals surface area contributed by atoms with Crippen molar-refractivity contribution < 1.29 is 27.8 Å². The molecule has 1 N–H and O–H groups in total. The summed E-state index contributed by atoms with van der Waals surface area (Å²) < 4.78 is 34.3. The lowest BCUT2D eigenvalue weighted by Crippen LogP contribution is -2.16. The zero-order chi connectivity index (χ0) is 15.8. The first kappa shape index (κ1) is 15.6. The van der Waals surface area contributed by atoms with Crippen LogP contribution in [0.5, 0.6) is 11.5 Å². The van der Waals surface area contributed by atoms with Crippen LogP contribution in [0.2, 0.25) is 0 Å². The molecule has 1 aromatic carbocycles. The van der Waals surface area contributed by atoms with Gasteiger partial charge in [0, 0.05) is 23.3 Å². The second-order valence-electron chi connectivity index (χ2n) is 5.33. The minimum Gasteiger partial charge on any atom is -0.497 e. The largest absolute Gasteiger partial charge is 0.497 e. The topological polar surface area (TPSA) is 89.9 Å². The summed E-state index contributed by atoms with van der Waals surface area (Å²) in [6, 6.07) is 3.07. The average molecular weight is 314 g/mol. The maximum absolute atomic E-state index is 12.0. The number of hydrogen-bond donors (Lipinski definition) is 1. The molecule has 6 nitrogen and oxygen atoms in total. The van der Waals surface area contributed by atoms with E-state index in [-0.39, 0.29) is 17.1 Å². The lowest BCUT2D eigenvalue weighted by atomic mass is 9.91. The Kier molecular flexibility index (Phi) is 3.88. The van der Waals surface area contributed by atoms with E-state index >= 15 is 0 Å². The minimum atomic E-state index is -3.51. The third kappa shape index (κ3) is 2.97. The van der Waals surface area contributed by atoms with Gasteiger partial charge >= 0.3 is 5.97 Å². The molecule has 2 rings (SSSR count). The average Bonchev–Trinajstić information content (AvgIpc) is 3.15. The zero-order valence-corrected chi connectivity index (χ0v) is 13.0. The lowest BCUT2D eigenvalue weighted by molar-refractivity contribution is -0.137. The van der Waals surface area contributed by atoms with Crippen molar-refractivity contribution in [2.75, 3.05) is 20.5 Å². The van der Waals surface area contributed by atoms with Crippen LogP contribution < -0.4 is 9.47 Å². The Balaban J connectivity index is 2.68. The van der Waals surface area contributed by atoms with Crippen LogP contribution in [-0.2, 0) is 20.0 Å². The summed E-state index contributed by atoms with van der Waals surface area (Å²) in [4.78, 5) is 11.1. The molecule has 0 radical (unpaired) electrons. The summed E-state index contributed by atoms with van der Waals surface area (Å²) in [5, 5.41) is 9.08. The van der Waals surface area contributed by atoms with Gasteiger partial charge in [-0.1, -0.05) is 0 Å². The molecule has 1 aromatic rings. The summed E-state index contributed by atoms with van der Waals surface area (Å²) in [5.41, 5.74) is 0.0256. The van der Waals surface area contributed by atoms with Gasteiger partial charge in [0.1, 0.15) is 16.4 Å². The highest BCUT2D eigenvalue weighted by Gasteiger charge is 2.48. The van der Waals surface area contributed by atoms with Crippen molar-refractivity contribution in [2.45, 2.75) is 29.6 Å². The molecular formula is C14H18O6S. The first-order chi connectivity index (χ1) is 9.73. The first-order valence-electron chi connectivity index (χ1n) is 6.42. The van der Waals surface area contributed by atoms with Gasteiger partial charge in [-0.15, -0.1) is 0 Å². The third-order valence-electron chi connectivity index (χ3n) is 3.78. The molecule has 1 aliphatic carbocycles. The molecule has 0 aliphatic heterocycles. The number of methoxy groups -OCH3 is 2. The number of ether oxygens (including phenoxy) is 2. The Hall–Kier alpha value is -1.76. The molecule has 0 heterocycles. The SMILES string of the molecule is COc1cc(C2(CC(=O)O)CC2)c(OC)c(S(C)(=O)=O)c1. The van der Waals surface area contributed by atoms with Crippen LogP contribution >= 0.6 is 0 Å². The molecule has 0 bridgehead atoms. The van der Waals surface area contributed by atoms with E-state index in [0.29, 0.717) is 24.2 Å². The van der Waals surface area contributed by atoms with Crippen molar-refractivity contribution >= 4 is 15.8 Å². The molecule has 0 spiro atoms. The molecule has 21 heavy (non-hydrogen) atoms. The Bertz CT molecular complexity index is 673. The fourth-order valence-corrected chi connectivity index (χ4v) is 3.42. The molecule has 0 saturated heterocycles. The molecule has 116 valence electrons. The van der Waals surface area contributed by atoms with Crippen LogP contribution in [0.15, 0.2) is 17.0 Å². The fourth-order valence-electron chi connectivity index (χ4n) is 2.56. The van der Waals surface area contributed by atoms with Crippen molar-refractivity contribution in [3.05, 3.63) is 17.7 Å². The van der Waals surface area contributed by atoms with E-state index in [1.165, 1.54) is 20.3 Å². The highest BCUT2D eigenvalue weighted by atomic mass is 32.2. The quantitative estimate of drug-likeness (QED) is 0.858. The summed E-state index contributed by atoms with van der Waals surface area (Å²) in [5.74, 6) is -0.321. The van der Waals surface area contributed by atoms with Gasteiger partial charge in [0.2, 0.25) is 0 Å². The Labute approximate surface area is 123 Å². The molecule has 1 saturated carbocycles. The molecular weight excluding hydrogens is 296 g/mol. The van der Waals surface area contributed by atoms with Gasteiger partial charge in [0.05, 0.1) is 20.6 Å². The Morgan fingerprint density at radius 3 is 2.29 bits per heavy atom. The monoisotopic (exact) mass is 314 g/mol. The van der Waals surface area contributed by atoms with E-state index in [4.69, 9.17) is 14.6 Å². The van der Waals surface area contributed by atoms with E-state index in [1.807, 2.05) is 0 Å². The van der Waals surface area contributed by atoms with Crippen molar-refractivity contribution in [1.82, 2.24) is 0 Å². The standard InChI is InChI=1S/C14H18O6S/c1-19-9-6-10(14(4-5-14)8-12(15)16)13(20-2)11(7-9)21(3,17)18/h6-7H,4-5,8H2,1-3H3,(H,15,16). The first-order valence-corrected chi connectivity index (χ1v) is 8.31. The van der Waals surface area contributed by atoms with E-state index in [9.17, 15) is 13.2 Å². The molecule has 7 heteroatoms. The predicted octanol–water partition coefficient (Wildman–Crippen LogP) is 1.61. The molecule has 0 atom stereocenters. The van der Waals surface area contributed by atoms with Crippen LogP contribution in [0.3, 0.4) is 0 Å². The van der Waals surface area contributed by atoms with Gasteiger partial charge in [0.15, 0.2) is 9.84 Å². The number of aliphatic carboxylic acids is 1. The Morgan fingerprint density at radius 1 is 1.29 bits per heavy atom. The van der Waals surface area contributed by atoms with Crippen LogP contribution in [0.1, 0.15) is 24.8 Å². The normalized spacial score (nSPS) is 16.3. The van der Waals surface area contributed by atoms with E-state index in [2.05, 4.69) is 0 Å². The predicted molar refractivity (Wildman–Crippen MR) is 75.8 cm³/mol. The lowest BCUT2D eigenvalue weighted by Gasteiger charge is -2.20. The molecule has 0 amide bonds. The summed E-state index contributed by atoms with van der Waals surface area (Å²) >= 11 is 0.